The highest BCUT2D eigenvalue weighted by atomic mass is 16.5. The number of ether oxygens (including phenoxy) is 1. The number of fused-ring (bicyclic) bond motifs is 1. The molecule has 6 nitrogen and oxygen atoms in total. The van der Waals surface area contributed by atoms with Gasteiger partial charge in [-0.3, -0.25) is 9.59 Å². The summed E-state index contributed by atoms with van der Waals surface area (Å²) >= 11 is 0. The molecule has 1 saturated heterocycles. The van der Waals surface area contributed by atoms with Crippen molar-refractivity contribution in [1.82, 2.24) is 4.90 Å². The van der Waals surface area contributed by atoms with Crippen LogP contribution in [0.25, 0.3) is 0 Å². The lowest BCUT2D eigenvalue weighted by Gasteiger charge is -2.26. The van der Waals surface area contributed by atoms with Crippen LogP contribution in [0.3, 0.4) is 0 Å². The molecule has 6 heteroatoms. The van der Waals surface area contributed by atoms with Crippen LogP contribution in [0.1, 0.15) is 39.5 Å². The van der Waals surface area contributed by atoms with E-state index in [2.05, 4.69) is 10.6 Å². The van der Waals surface area contributed by atoms with Crippen molar-refractivity contribution in [2.75, 3.05) is 23.7 Å². The van der Waals surface area contributed by atoms with Crippen LogP contribution in [-0.2, 0) is 9.59 Å². The zero-order valence-corrected chi connectivity index (χ0v) is 14.3. The van der Waals surface area contributed by atoms with Crippen LogP contribution < -0.4 is 15.4 Å². The van der Waals surface area contributed by atoms with E-state index in [1.165, 1.54) is 12.8 Å². The van der Waals surface area contributed by atoms with Gasteiger partial charge in [0, 0.05) is 18.8 Å². The van der Waals surface area contributed by atoms with Gasteiger partial charge < -0.3 is 20.3 Å². The number of rotatable bonds is 3. The molecule has 3 rings (SSSR count). The molecular weight excluding hydrogens is 306 g/mol. The standard InChI is InChI=1S/C18H25N3O3/c1-12(18(23)21-9-5-3-4-6-10-21)19-14-7-8-16-15(11-14)20-17(22)13(2)24-16/h7-8,11-13,19H,3-6,9-10H2,1-2H3,(H,20,22)/t12-,13-/m0/s1. The van der Waals surface area contributed by atoms with Gasteiger partial charge in [0.2, 0.25) is 5.91 Å². The van der Waals surface area contributed by atoms with Crippen molar-refractivity contribution in [3.8, 4) is 5.75 Å². The molecule has 2 amide bonds. The molecular formula is C18H25N3O3. The highest BCUT2D eigenvalue weighted by molar-refractivity contribution is 5.98. The van der Waals surface area contributed by atoms with E-state index in [4.69, 9.17) is 4.74 Å². The van der Waals surface area contributed by atoms with Crippen LogP contribution in [-0.4, -0.2) is 41.9 Å². The SMILES string of the molecule is C[C@H](Nc1ccc2c(c1)NC(=O)[C@H](C)O2)C(=O)N1CCCCCC1. The van der Waals surface area contributed by atoms with E-state index in [-0.39, 0.29) is 17.9 Å². The van der Waals surface area contributed by atoms with Gasteiger partial charge in [-0.1, -0.05) is 12.8 Å². The zero-order chi connectivity index (χ0) is 17.1. The fourth-order valence-electron chi connectivity index (χ4n) is 3.18. The molecule has 0 radical (unpaired) electrons. The Morgan fingerprint density at radius 3 is 2.71 bits per heavy atom. The van der Waals surface area contributed by atoms with Crippen LogP contribution in [0.15, 0.2) is 18.2 Å². The Morgan fingerprint density at radius 2 is 2.00 bits per heavy atom. The second kappa shape index (κ2) is 7.11. The van der Waals surface area contributed by atoms with Gasteiger partial charge in [0.05, 0.1) is 5.69 Å². The summed E-state index contributed by atoms with van der Waals surface area (Å²) in [5.74, 6) is 0.621. The molecule has 2 N–H and O–H groups in total. The summed E-state index contributed by atoms with van der Waals surface area (Å²) in [5, 5.41) is 6.06. The lowest BCUT2D eigenvalue weighted by Crippen LogP contribution is -2.41. The summed E-state index contributed by atoms with van der Waals surface area (Å²) in [7, 11) is 0. The minimum Gasteiger partial charge on any atom is -0.479 e. The van der Waals surface area contributed by atoms with Gasteiger partial charge in [-0.05, 0) is 44.9 Å². The number of carbonyl (C=O) groups excluding carboxylic acids is 2. The largest absolute Gasteiger partial charge is 0.479 e. The third-order valence-corrected chi connectivity index (χ3v) is 4.58. The Morgan fingerprint density at radius 1 is 1.29 bits per heavy atom. The summed E-state index contributed by atoms with van der Waals surface area (Å²) < 4.78 is 5.55. The summed E-state index contributed by atoms with van der Waals surface area (Å²) in [5.41, 5.74) is 1.43. The molecule has 0 bridgehead atoms. The summed E-state index contributed by atoms with van der Waals surface area (Å²) in [6.45, 7) is 5.28. The fraction of sp³-hybridized carbons (Fsp3) is 0.556. The predicted octanol–water partition coefficient (Wildman–Crippen LogP) is 2.61. The molecule has 130 valence electrons. The zero-order valence-electron chi connectivity index (χ0n) is 14.3. The van der Waals surface area contributed by atoms with E-state index in [1.807, 2.05) is 30.0 Å². The summed E-state index contributed by atoms with van der Waals surface area (Å²) in [6, 6.07) is 5.19. The quantitative estimate of drug-likeness (QED) is 0.893. The van der Waals surface area contributed by atoms with Gasteiger partial charge in [0.25, 0.3) is 5.91 Å². The summed E-state index contributed by atoms with van der Waals surface area (Å²) in [4.78, 5) is 26.3. The maximum Gasteiger partial charge on any atom is 0.265 e. The van der Waals surface area contributed by atoms with Gasteiger partial charge in [-0.25, -0.2) is 0 Å². The fourth-order valence-corrected chi connectivity index (χ4v) is 3.18. The average Bonchev–Trinajstić information content (AvgIpc) is 2.84. The Kier molecular flexibility index (Phi) is 4.92. The number of hydrogen-bond donors (Lipinski definition) is 2. The van der Waals surface area contributed by atoms with Crippen molar-refractivity contribution in [1.29, 1.82) is 0 Å². The normalized spacial score (nSPS) is 21.8. The van der Waals surface area contributed by atoms with E-state index in [0.717, 1.165) is 31.6 Å². The van der Waals surface area contributed by atoms with Gasteiger partial charge in [-0.15, -0.1) is 0 Å². The molecule has 1 fully saturated rings. The average molecular weight is 331 g/mol. The van der Waals surface area contributed by atoms with Crippen molar-refractivity contribution in [2.24, 2.45) is 0 Å². The van der Waals surface area contributed by atoms with Crippen molar-refractivity contribution >= 4 is 23.2 Å². The number of benzene rings is 1. The van der Waals surface area contributed by atoms with E-state index in [0.29, 0.717) is 11.4 Å². The predicted molar refractivity (Wildman–Crippen MR) is 93.3 cm³/mol. The molecule has 0 unspecified atom stereocenters. The maximum absolute atomic E-state index is 12.6. The third kappa shape index (κ3) is 3.63. The monoisotopic (exact) mass is 331 g/mol. The van der Waals surface area contributed by atoms with Crippen LogP contribution in [0.5, 0.6) is 5.75 Å². The van der Waals surface area contributed by atoms with Crippen LogP contribution in [0, 0.1) is 0 Å². The maximum atomic E-state index is 12.6. The van der Waals surface area contributed by atoms with Gasteiger partial charge in [0.15, 0.2) is 6.10 Å². The summed E-state index contributed by atoms with van der Waals surface area (Å²) in [6.07, 6.45) is 4.08. The molecule has 0 aliphatic carbocycles. The van der Waals surface area contributed by atoms with Gasteiger partial charge in [-0.2, -0.15) is 0 Å². The van der Waals surface area contributed by atoms with Crippen molar-refractivity contribution in [3.63, 3.8) is 0 Å². The topological polar surface area (TPSA) is 70.7 Å². The van der Waals surface area contributed by atoms with Crippen LogP contribution >= 0.6 is 0 Å². The molecule has 2 aliphatic rings. The minimum absolute atomic E-state index is 0.128. The molecule has 0 saturated carbocycles. The minimum atomic E-state index is -0.486. The van der Waals surface area contributed by atoms with Crippen LogP contribution in [0.4, 0.5) is 11.4 Å². The van der Waals surface area contributed by atoms with Gasteiger partial charge in [0.1, 0.15) is 11.8 Å². The number of anilines is 2. The second-order valence-corrected chi connectivity index (χ2v) is 6.57. The molecule has 2 atom stereocenters. The van der Waals surface area contributed by atoms with Crippen molar-refractivity contribution < 1.29 is 14.3 Å². The number of likely N-dealkylation sites (tertiary alicyclic amines) is 1. The first-order valence-electron chi connectivity index (χ1n) is 8.71. The smallest absolute Gasteiger partial charge is 0.265 e. The molecule has 2 aliphatic heterocycles. The lowest BCUT2D eigenvalue weighted by molar-refractivity contribution is -0.131. The highest BCUT2D eigenvalue weighted by Crippen LogP contribution is 2.32. The van der Waals surface area contributed by atoms with E-state index in [9.17, 15) is 9.59 Å². The van der Waals surface area contributed by atoms with E-state index in [1.54, 1.807) is 6.92 Å². The van der Waals surface area contributed by atoms with Gasteiger partial charge >= 0.3 is 0 Å². The number of amides is 2. The van der Waals surface area contributed by atoms with Crippen molar-refractivity contribution in [2.45, 2.75) is 51.7 Å². The Balaban J connectivity index is 1.66. The molecule has 1 aromatic carbocycles. The second-order valence-electron chi connectivity index (χ2n) is 6.57. The molecule has 0 spiro atoms. The number of nitrogens with one attached hydrogen (secondary N) is 2. The lowest BCUT2D eigenvalue weighted by atomic mass is 10.2. The first-order valence-corrected chi connectivity index (χ1v) is 8.71. The van der Waals surface area contributed by atoms with Crippen molar-refractivity contribution in [3.05, 3.63) is 18.2 Å². The molecule has 1 aromatic rings. The number of hydrogen-bond acceptors (Lipinski definition) is 4. The molecule has 0 aromatic heterocycles. The molecule has 2 heterocycles. The first-order chi connectivity index (χ1) is 11.5. The van der Waals surface area contributed by atoms with Crippen LogP contribution in [0.2, 0.25) is 0 Å². The molecule has 24 heavy (non-hydrogen) atoms. The highest BCUT2D eigenvalue weighted by Gasteiger charge is 2.25. The Hall–Kier alpha value is -2.24. The van der Waals surface area contributed by atoms with E-state index < -0.39 is 6.10 Å². The third-order valence-electron chi connectivity index (χ3n) is 4.58. The number of nitrogens with zero attached hydrogens (tertiary/aromatic N) is 1. The number of carbonyl (C=O) groups is 2. The van der Waals surface area contributed by atoms with E-state index >= 15 is 0 Å². The first kappa shape index (κ1) is 16.6. The Bertz CT molecular complexity index is 624. The Labute approximate surface area is 142 Å².